The van der Waals surface area contributed by atoms with Gasteiger partial charge >= 0.3 is 0 Å². The third-order valence-corrected chi connectivity index (χ3v) is 5.57. The molecule has 0 N–H and O–H groups in total. The molecule has 4 aromatic carbocycles. The SMILES string of the molecule is O=Pc1c2ccccc2c(P=O)c2c(-c3ccccc3)cccc12. The summed E-state index contributed by atoms with van der Waals surface area (Å²) < 4.78 is 23.9. The lowest BCUT2D eigenvalue weighted by Gasteiger charge is -2.13. The van der Waals surface area contributed by atoms with Gasteiger partial charge in [0.2, 0.25) is 0 Å². The summed E-state index contributed by atoms with van der Waals surface area (Å²) in [5.41, 5.74) is 2.05. The molecule has 0 spiro atoms. The summed E-state index contributed by atoms with van der Waals surface area (Å²) in [7, 11) is -0.0738. The molecule has 4 rings (SSSR count). The highest BCUT2D eigenvalue weighted by molar-refractivity contribution is 7.37. The minimum absolute atomic E-state index is 0.0350. The van der Waals surface area contributed by atoms with Crippen molar-refractivity contribution in [2.24, 2.45) is 0 Å². The van der Waals surface area contributed by atoms with Crippen LogP contribution in [0.3, 0.4) is 0 Å². The van der Waals surface area contributed by atoms with Crippen molar-refractivity contribution in [2.45, 2.75) is 0 Å². The van der Waals surface area contributed by atoms with Crippen LogP contribution in [0.15, 0.2) is 72.8 Å². The van der Waals surface area contributed by atoms with Crippen LogP contribution < -0.4 is 10.6 Å². The third kappa shape index (κ3) is 2.27. The van der Waals surface area contributed by atoms with Crippen LogP contribution in [0.2, 0.25) is 0 Å². The Balaban J connectivity index is 2.28. The fourth-order valence-electron chi connectivity index (χ4n) is 3.23. The summed E-state index contributed by atoms with van der Waals surface area (Å²) in [6.45, 7) is 0. The second-order valence-corrected chi connectivity index (χ2v) is 6.78. The van der Waals surface area contributed by atoms with Crippen molar-refractivity contribution >= 4 is 49.1 Å². The third-order valence-electron chi connectivity index (χ3n) is 4.26. The highest BCUT2D eigenvalue weighted by atomic mass is 31.1. The number of fused-ring (bicyclic) bond motifs is 2. The number of benzene rings is 4. The Morgan fingerprint density at radius 2 is 1.12 bits per heavy atom. The fraction of sp³-hybridized carbons (Fsp3) is 0. The molecule has 0 unspecified atom stereocenters. The molecule has 0 atom stereocenters. The number of hydrogen-bond acceptors (Lipinski definition) is 2. The fourth-order valence-corrected chi connectivity index (χ4v) is 4.44. The molecule has 0 aliphatic heterocycles. The normalized spacial score (nSPS) is 11.5. The molecule has 2 nitrogen and oxygen atoms in total. The first-order valence-corrected chi connectivity index (χ1v) is 9.17. The van der Waals surface area contributed by atoms with Crippen LogP contribution >= 0.6 is 16.9 Å². The maximum atomic E-state index is 12.0. The Labute approximate surface area is 142 Å². The van der Waals surface area contributed by atoms with E-state index in [-0.39, 0.29) is 16.9 Å². The van der Waals surface area contributed by atoms with Crippen LogP contribution in [0.1, 0.15) is 0 Å². The molecule has 114 valence electrons. The number of rotatable bonds is 3. The van der Waals surface area contributed by atoms with E-state index in [1.165, 1.54) is 0 Å². The summed E-state index contributed by atoms with van der Waals surface area (Å²) in [5, 5.41) is 5.02. The first-order chi connectivity index (χ1) is 11.8. The molecule has 0 bridgehead atoms. The zero-order chi connectivity index (χ0) is 16.5. The maximum Gasteiger partial charge on any atom is 0.193 e. The molecule has 4 aromatic rings. The van der Waals surface area contributed by atoms with Gasteiger partial charge in [-0.15, -0.1) is 0 Å². The standard InChI is InChI=1S/C20H12O2P2/c21-23-19-15-9-4-5-10-16(15)20(24-22)18-14(11-6-12-17(18)19)13-7-2-1-3-8-13/h1-12H. The Morgan fingerprint density at radius 1 is 0.542 bits per heavy atom. The lowest BCUT2D eigenvalue weighted by Crippen LogP contribution is -2.08. The van der Waals surface area contributed by atoms with E-state index in [4.69, 9.17) is 0 Å². The van der Waals surface area contributed by atoms with Crippen LogP contribution in [0.4, 0.5) is 0 Å². The summed E-state index contributed by atoms with van der Waals surface area (Å²) in [6, 6.07) is 23.6. The number of hydrogen-bond donors (Lipinski definition) is 0. The van der Waals surface area contributed by atoms with E-state index in [2.05, 4.69) is 0 Å². The largest absolute Gasteiger partial charge is 0.269 e. The zero-order valence-electron chi connectivity index (χ0n) is 12.6. The van der Waals surface area contributed by atoms with Crippen molar-refractivity contribution in [3.05, 3.63) is 72.8 Å². The molecule has 0 aliphatic carbocycles. The topological polar surface area (TPSA) is 34.1 Å². The molecular weight excluding hydrogens is 334 g/mol. The molecule has 0 aromatic heterocycles. The van der Waals surface area contributed by atoms with E-state index >= 15 is 0 Å². The summed E-state index contributed by atoms with van der Waals surface area (Å²) in [6.07, 6.45) is 0. The predicted octanol–water partition coefficient (Wildman–Crippen LogP) is 5.49. The van der Waals surface area contributed by atoms with Gasteiger partial charge in [0.1, 0.15) is 0 Å². The van der Waals surface area contributed by atoms with Crippen molar-refractivity contribution < 1.29 is 9.13 Å². The predicted molar refractivity (Wildman–Crippen MR) is 101 cm³/mol. The summed E-state index contributed by atoms with van der Waals surface area (Å²) >= 11 is 0. The quantitative estimate of drug-likeness (QED) is 0.363. The molecular formula is C20H12O2P2. The Kier molecular flexibility index (Phi) is 3.94. The van der Waals surface area contributed by atoms with E-state index in [0.717, 1.165) is 43.3 Å². The van der Waals surface area contributed by atoms with E-state index in [0.29, 0.717) is 0 Å². The summed E-state index contributed by atoms with van der Waals surface area (Å²) in [4.78, 5) is 0. The lowest BCUT2D eigenvalue weighted by molar-refractivity contribution is 0.602. The van der Waals surface area contributed by atoms with Crippen molar-refractivity contribution in [1.82, 2.24) is 0 Å². The van der Waals surface area contributed by atoms with Gasteiger partial charge in [0, 0.05) is 5.39 Å². The highest BCUT2D eigenvalue weighted by Crippen LogP contribution is 2.32. The van der Waals surface area contributed by atoms with E-state index in [1.54, 1.807) is 0 Å². The molecule has 0 radical (unpaired) electrons. The molecule has 0 amide bonds. The second-order valence-electron chi connectivity index (χ2n) is 5.52. The van der Waals surface area contributed by atoms with Gasteiger partial charge in [0.05, 0.1) is 10.6 Å². The second kappa shape index (κ2) is 6.24. The molecule has 0 heterocycles. The lowest BCUT2D eigenvalue weighted by atomic mass is 9.95. The van der Waals surface area contributed by atoms with Crippen molar-refractivity contribution in [3.8, 4) is 11.1 Å². The van der Waals surface area contributed by atoms with Gasteiger partial charge in [0.25, 0.3) is 0 Å². The van der Waals surface area contributed by atoms with Gasteiger partial charge in [-0.3, -0.25) is 9.13 Å². The van der Waals surface area contributed by atoms with Crippen LogP contribution in [0, 0.1) is 0 Å². The smallest absolute Gasteiger partial charge is 0.193 e. The first kappa shape index (κ1) is 15.1. The minimum Gasteiger partial charge on any atom is -0.269 e. The highest BCUT2D eigenvalue weighted by Gasteiger charge is 2.17. The van der Waals surface area contributed by atoms with Gasteiger partial charge in [0.15, 0.2) is 16.9 Å². The Bertz CT molecular complexity index is 1090. The molecule has 0 saturated heterocycles. The van der Waals surface area contributed by atoms with Crippen LogP contribution in [-0.2, 0) is 9.13 Å². The zero-order valence-corrected chi connectivity index (χ0v) is 14.4. The monoisotopic (exact) mass is 346 g/mol. The van der Waals surface area contributed by atoms with E-state index in [9.17, 15) is 9.13 Å². The van der Waals surface area contributed by atoms with Gasteiger partial charge in [-0.1, -0.05) is 72.8 Å². The van der Waals surface area contributed by atoms with Gasteiger partial charge in [-0.2, -0.15) is 0 Å². The minimum atomic E-state index is -0.0389. The molecule has 0 saturated carbocycles. The molecule has 24 heavy (non-hydrogen) atoms. The average molecular weight is 346 g/mol. The van der Waals surface area contributed by atoms with Gasteiger partial charge < -0.3 is 0 Å². The molecule has 0 aliphatic rings. The van der Waals surface area contributed by atoms with Crippen LogP contribution in [0.5, 0.6) is 0 Å². The van der Waals surface area contributed by atoms with Crippen LogP contribution in [0.25, 0.3) is 32.7 Å². The first-order valence-electron chi connectivity index (χ1n) is 7.54. The molecule has 4 heteroatoms. The van der Waals surface area contributed by atoms with E-state index < -0.39 is 0 Å². The van der Waals surface area contributed by atoms with Crippen molar-refractivity contribution in [3.63, 3.8) is 0 Å². The molecule has 0 fully saturated rings. The van der Waals surface area contributed by atoms with E-state index in [1.807, 2.05) is 72.8 Å². The summed E-state index contributed by atoms with van der Waals surface area (Å²) in [5.74, 6) is 0. The van der Waals surface area contributed by atoms with Crippen molar-refractivity contribution in [1.29, 1.82) is 0 Å². The van der Waals surface area contributed by atoms with Crippen LogP contribution in [-0.4, -0.2) is 0 Å². The maximum absolute atomic E-state index is 12.0. The Hall–Kier alpha value is -2.40. The van der Waals surface area contributed by atoms with Crippen molar-refractivity contribution in [2.75, 3.05) is 0 Å². The van der Waals surface area contributed by atoms with Gasteiger partial charge in [-0.25, -0.2) is 0 Å². The van der Waals surface area contributed by atoms with Gasteiger partial charge in [-0.05, 0) is 27.3 Å². The Morgan fingerprint density at radius 3 is 1.79 bits per heavy atom. The average Bonchev–Trinajstić information content (AvgIpc) is 2.66.